The van der Waals surface area contributed by atoms with Crippen LogP contribution < -0.4 is 10.5 Å². The molecule has 6 heteroatoms. The second-order valence-electron chi connectivity index (χ2n) is 3.98. The van der Waals surface area contributed by atoms with Crippen LogP contribution in [0.25, 0.3) is 0 Å². The lowest BCUT2D eigenvalue weighted by Crippen LogP contribution is -1.96. The van der Waals surface area contributed by atoms with Crippen molar-refractivity contribution in [3.63, 3.8) is 0 Å². The maximum Gasteiger partial charge on any atom is 0.146 e. The molecular weight excluding hydrogens is 309 g/mol. The molecule has 1 aromatic carbocycles. The van der Waals surface area contributed by atoms with Crippen LogP contribution in [0.5, 0.6) is 5.75 Å². The molecule has 2 aromatic rings. The van der Waals surface area contributed by atoms with Crippen molar-refractivity contribution in [2.75, 3.05) is 0 Å². The minimum Gasteiger partial charge on any atom is -0.484 e. The fourth-order valence-electron chi connectivity index (χ4n) is 1.63. The van der Waals surface area contributed by atoms with Gasteiger partial charge in [0.15, 0.2) is 0 Å². The van der Waals surface area contributed by atoms with Crippen LogP contribution in [0.4, 0.5) is 0 Å². The van der Waals surface area contributed by atoms with Gasteiger partial charge in [0.2, 0.25) is 0 Å². The van der Waals surface area contributed by atoms with E-state index in [9.17, 15) is 0 Å². The summed E-state index contributed by atoms with van der Waals surface area (Å²) in [6.07, 6.45) is 0. The van der Waals surface area contributed by atoms with Gasteiger partial charge in [0.05, 0.1) is 15.1 Å². The fourth-order valence-corrected chi connectivity index (χ4v) is 2.22. The Bertz CT molecular complexity index is 596. The van der Waals surface area contributed by atoms with Crippen LogP contribution >= 0.6 is 34.8 Å². The van der Waals surface area contributed by atoms with E-state index in [1.165, 1.54) is 0 Å². The van der Waals surface area contributed by atoms with E-state index in [4.69, 9.17) is 49.7 Å². The lowest BCUT2D eigenvalue weighted by atomic mass is 10.2. The maximum absolute atomic E-state index is 6.01. The summed E-state index contributed by atoms with van der Waals surface area (Å²) >= 11 is 17.8. The van der Waals surface area contributed by atoms with Crippen LogP contribution in [0.2, 0.25) is 15.1 Å². The predicted octanol–water partition coefficient (Wildman–Crippen LogP) is 4.59. The van der Waals surface area contributed by atoms with Gasteiger partial charge < -0.3 is 14.9 Å². The number of rotatable bonds is 4. The van der Waals surface area contributed by atoms with Crippen molar-refractivity contribution in [3.05, 3.63) is 50.4 Å². The van der Waals surface area contributed by atoms with Gasteiger partial charge in [0.1, 0.15) is 23.9 Å². The zero-order chi connectivity index (χ0) is 14.0. The van der Waals surface area contributed by atoms with Crippen LogP contribution in [0.15, 0.2) is 22.6 Å². The molecule has 0 unspecified atom stereocenters. The first-order valence-corrected chi connectivity index (χ1v) is 6.70. The second-order valence-corrected chi connectivity index (χ2v) is 5.21. The highest BCUT2D eigenvalue weighted by Gasteiger charge is 2.10. The normalized spacial score (nSPS) is 10.8. The molecule has 2 rings (SSSR count). The molecule has 0 fully saturated rings. The Hall–Kier alpha value is -0.870. The van der Waals surface area contributed by atoms with E-state index in [1.807, 2.05) is 13.0 Å². The SMILES string of the molecule is Cc1oc(COc2cc(Cl)c(Cl)cc2Cl)cc1CN. The Labute approximate surface area is 126 Å². The number of ether oxygens (including phenoxy) is 1. The quantitative estimate of drug-likeness (QED) is 0.838. The lowest BCUT2D eigenvalue weighted by molar-refractivity contribution is 0.268. The molecule has 1 aromatic heterocycles. The first-order chi connectivity index (χ1) is 9.01. The van der Waals surface area contributed by atoms with E-state index in [1.54, 1.807) is 12.1 Å². The highest BCUT2D eigenvalue weighted by Crippen LogP contribution is 2.34. The molecule has 19 heavy (non-hydrogen) atoms. The summed E-state index contributed by atoms with van der Waals surface area (Å²) in [5.74, 6) is 1.93. The smallest absolute Gasteiger partial charge is 0.146 e. The molecule has 3 nitrogen and oxygen atoms in total. The molecule has 0 radical (unpaired) electrons. The van der Waals surface area contributed by atoms with E-state index >= 15 is 0 Å². The van der Waals surface area contributed by atoms with E-state index in [-0.39, 0.29) is 6.61 Å². The molecule has 1 heterocycles. The van der Waals surface area contributed by atoms with Crippen LogP contribution in [0, 0.1) is 6.92 Å². The van der Waals surface area contributed by atoms with Gasteiger partial charge in [-0.25, -0.2) is 0 Å². The number of halogens is 3. The first kappa shape index (κ1) is 14.5. The van der Waals surface area contributed by atoms with Crippen LogP contribution in [-0.4, -0.2) is 0 Å². The molecule has 0 atom stereocenters. The molecule has 0 saturated heterocycles. The number of nitrogens with two attached hydrogens (primary N) is 1. The molecular formula is C13H12Cl3NO2. The molecule has 0 aliphatic heterocycles. The number of aryl methyl sites for hydroxylation is 1. The number of hydrogen-bond acceptors (Lipinski definition) is 3. The van der Waals surface area contributed by atoms with Gasteiger partial charge in [-0.3, -0.25) is 0 Å². The van der Waals surface area contributed by atoms with Crippen molar-refractivity contribution in [2.24, 2.45) is 5.73 Å². The molecule has 102 valence electrons. The van der Waals surface area contributed by atoms with Crippen molar-refractivity contribution in [3.8, 4) is 5.75 Å². The third-order valence-electron chi connectivity index (χ3n) is 2.64. The monoisotopic (exact) mass is 319 g/mol. The van der Waals surface area contributed by atoms with Crippen molar-refractivity contribution >= 4 is 34.8 Å². The van der Waals surface area contributed by atoms with Crippen molar-refractivity contribution in [1.82, 2.24) is 0 Å². The molecule has 0 saturated carbocycles. The van der Waals surface area contributed by atoms with Gasteiger partial charge in [-0.2, -0.15) is 0 Å². The number of benzene rings is 1. The molecule has 0 aliphatic carbocycles. The largest absolute Gasteiger partial charge is 0.484 e. The highest BCUT2D eigenvalue weighted by molar-refractivity contribution is 6.43. The van der Waals surface area contributed by atoms with Gasteiger partial charge >= 0.3 is 0 Å². The average molecular weight is 321 g/mol. The third kappa shape index (κ3) is 3.37. The maximum atomic E-state index is 6.01. The third-order valence-corrected chi connectivity index (χ3v) is 3.65. The van der Waals surface area contributed by atoms with E-state index in [0.717, 1.165) is 11.3 Å². The van der Waals surface area contributed by atoms with Gasteiger partial charge in [-0.05, 0) is 19.1 Å². The molecule has 0 spiro atoms. The fraction of sp³-hybridized carbons (Fsp3) is 0.231. The van der Waals surface area contributed by atoms with E-state index in [2.05, 4.69) is 0 Å². The Morgan fingerprint density at radius 3 is 2.42 bits per heavy atom. The van der Waals surface area contributed by atoms with Crippen LogP contribution in [0.1, 0.15) is 17.1 Å². The molecule has 0 amide bonds. The standard InChI is InChI=1S/C13H12Cl3NO2/c1-7-8(5-17)2-9(19-7)6-18-13-4-11(15)10(14)3-12(13)16/h2-4H,5-6,17H2,1H3. The van der Waals surface area contributed by atoms with Crippen molar-refractivity contribution in [1.29, 1.82) is 0 Å². The average Bonchev–Trinajstić information content (AvgIpc) is 2.73. The number of hydrogen-bond donors (Lipinski definition) is 1. The van der Waals surface area contributed by atoms with Crippen LogP contribution in [0.3, 0.4) is 0 Å². The summed E-state index contributed by atoms with van der Waals surface area (Å²) in [7, 11) is 0. The minimum absolute atomic E-state index is 0.249. The Morgan fingerprint density at radius 2 is 1.79 bits per heavy atom. The number of furan rings is 1. The topological polar surface area (TPSA) is 48.4 Å². The predicted molar refractivity (Wildman–Crippen MR) is 77.1 cm³/mol. The minimum atomic E-state index is 0.249. The van der Waals surface area contributed by atoms with Crippen LogP contribution in [-0.2, 0) is 13.2 Å². The first-order valence-electron chi connectivity index (χ1n) is 5.57. The van der Waals surface area contributed by atoms with E-state index in [0.29, 0.717) is 33.1 Å². The zero-order valence-electron chi connectivity index (χ0n) is 10.2. The van der Waals surface area contributed by atoms with Gasteiger partial charge in [0.25, 0.3) is 0 Å². The van der Waals surface area contributed by atoms with E-state index < -0.39 is 0 Å². The Kier molecular flexibility index (Phi) is 4.63. The summed E-state index contributed by atoms with van der Waals surface area (Å²) in [6, 6.07) is 4.98. The van der Waals surface area contributed by atoms with Gasteiger partial charge in [-0.1, -0.05) is 34.8 Å². The summed E-state index contributed by atoms with van der Waals surface area (Å²) in [6.45, 7) is 2.54. The summed E-state index contributed by atoms with van der Waals surface area (Å²) < 4.78 is 11.1. The van der Waals surface area contributed by atoms with Crippen molar-refractivity contribution < 1.29 is 9.15 Å². The lowest BCUT2D eigenvalue weighted by Gasteiger charge is -2.07. The molecule has 0 bridgehead atoms. The van der Waals surface area contributed by atoms with Crippen molar-refractivity contribution in [2.45, 2.75) is 20.1 Å². The Morgan fingerprint density at radius 1 is 1.11 bits per heavy atom. The Balaban J connectivity index is 2.12. The summed E-state index contributed by atoms with van der Waals surface area (Å²) in [5, 5.41) is 1.18. The molecule has 2 N–H and O–H groups in total. The zero-order valence-corrected chi connectivity index (χ0v) is 12.4. The highest BCUT2D eigenvalue weighted by atomic mass is 35.5. The van der Waals surface area contributed by atoms with Gasteiger partial charge in [-0.15, -0.1) is 0 Å². The summed E-state index contributed by atoms with van der Waals surface area (Å²) in [4.78, 5) is 0. The summed E-state index contributed by atoms with van der Waals surface area (Å²) in [5.41, 5.74) is 6.54. The second kappa shape index (κ2) is 6.06. The van der Waals surface area contributed by atoms with Gasteiger partial charge in [0, 0.05) is 18.2 Å². The molecule has 0 aliphatic rings.